The van der Waals surface area contributed by atoms with Gasteiger partial charge in [-0.15, -0.1) is 0 Å². The van der Waals surface area contributed by atoms with Crippen LogP contribution in [0.2, 0.25) is 15.1 Å². The molecule has 1 aliphatic rings. The lowest BCUT2D eigenvalue weighted by Crippen LogP contribution is -2.28. The maximum Gasteiger partial charge on any atom is 0.229 e. The Morgan fingerprint density at radius 2 is 1.88 bits per heavy atom. The van der Waals surface area contributed by atoms with Crippen molar-refractivity contribution in [2.45, 2.75) is 6.42 Å². The number of hydrogen-bond donors (Lipinski definition) is 1. The van der Waals surface area contributed by atoms with Crippen LogP contribution in [0.5, 0.6) is 0 Å². The maximum atomic E-state index is 13.3. The summed E-state index contributed by atoms with van der Waals surface area (Å²) >= 11 is 17.6. The summed E-state index contributed by atoms with van der Waals surface area (Å²) in [6.45, 7) is 0.178. The number of nitrogens with one attached hydrogen (secondary N) is 1. The molecule has 1 fully saturated rings. The van der Waals surface area contributed by atoms with E-state index >= 15 is 0 Å². The summed E-state index contributed by atoms with van der Waals surface area (Å²) < 4.78 is 13.3. The Kier molecular flexibility index (Phi) is 5.18. The molecule has 2 amide bonds. The molecule has 1 heterocycles. The van der Waals surface area contributed by atoms with Crippen LogP contribution in [0, 0.1) is 11.7 Å². The Balaban J connectivity index is 1.73. The molecule has 1 atom stereocenters. The molecule has 25 heavy (non-hydrogen) atoms. The van der Waals surface area contributed by atoms with Crippen molar-refractivity contribution in [3.8, 4) is 0 Å². The SMILES string of the molecule is O=C(Nc1ccc(Cl)cc1Cl)C1CC(=O)N(c2ccc(F)c(Cl)c2)C1. The highest BCUT2D eigenvalue weighted by Gasteiger charge is 2.35. The van der Waals surface area contributed by atoms with Crippen LogP contribution < -0.4 is 10.2 Å². The predicted molar refractivity (Wildman–Crippen MR) is 97.0 cm³/mol. The zero-order valence-electron chi connectivity index (χ0n) is 12.7. The van der Waals surface area contributed by atoms with Gasteiger partial charge >= 0.3 is 0 Å². The lowest BCUT2D eigenvalue weighted by molar-refractivity contribution is -0.122. The molecule has 0 aliphatic carbocycles. The van der Waals surface area contributed by atoms with E-state index < -0.39 is 11.7 Å². The third-order valence-corrected chi connectivity index (χ3v) is 4.74. The summed E-state index contributed by atoms with van der Waals surface area (Å²) in [6.07, 6.45) is 0.0477. The molecule has 0 radical (unpaired) electrons. The van der Waals surface area contributed by atoms with E-state index in [4.69, 9.17) is 34.8 Å². The second kappa shape index (κ2) is 7.20. The molecule has 3 rings (SSSR count). The van der Waals surface area contributed by atoms with Gasteiger partial charge in [-0.25, -0.2) is 4.39 Å². The first kappa shape index (κ1) is 18.0. The monoisotopic (exact) mass is 400 g/mol. The highest BCUT2D eigenvalue weighted by Crippen LogP contribution is 2.30. The molecule has 1 N–H and O–H groups in total. The molecule has 130 valence electrons. The van der Waals surface area contributed by atoms with Crippen molar-refractivity contribution < 1.29 is 14.0 Å². The smallest absolute Gasteiger partial charge is 0.229 e. The number of carbonyl (C=O) groups is 2. The normalized spacial score (nSPS) is 17.0. The zero-order valence-corrected chi connectivity index (χ0v) is 15.0. The number of benzene rings is 2. The van der Waals surface area contributed by atoms with E-state index in [1.165, 1.54) is 29.2 Å². The van der Waals surface area contributed by atoms with E-state index in [-0.39, 0.29) is 29.8 Å². The van der Waals surface area contributed by atoms with Crippen LogP contribution in [0.3, 0.4) is 0 Å². The minimum Gasteiger partial charge on any atom is -0.324 e. The predicted octanol–water partition coefficient (Wildman–Crippen LogP) is 4.78. The summed E-state index contributed by atoms with van der Waals surface area (Å²) in [5, 5.41) is 3.39. The van der Waals surface area contributed by atoms with Gasteiger partial charge in [-0.05, 0) is 36.4 Å². The van der Waals surface area contributed by atoms with Crippen molar-refractivity contribution in [3.05, 3.63) is 57.3 Å². The third-order valence-electron chi connectivity index (χ3n) is 3.90. The van der Waals surface area contributed by atoms with Gasteiger partial charge in [0.2, 0.25) is 11.8 Å². The summed E-state index contributed by atoms with van der Waals surface area (Å²) in [6, 6.07) is 8.73. The van der Waals surface area contributed by atoms with Crippen molar-refractivity contribution in [1.82, 2.24) is 0 Å². The summed E-state index contributed by atoms with van der Waals surface area (Å²) in [4.78, 5) is 26.1. The van der Waals surface area contributed by atoms with Gasteiger partial charge in [0.1, 0.15) is 5.82 Å². The Morgan fingerprint density at radius 3 is 2.56 bits per heavy atom. The number of hydrogen-bond acceptors (Lipinski definition) is 2. The Morgan fingerprint density at radius 1 is 1.12 bits per heavy atom. The van der Waals surface area contributed by atoms with Crippen molar-refractivity contribution in [2.75, 3.05) is 16.8 Å². The van der Waals surface area contributed by atoms with E-state index in [0.717, 1.165) is 0 Å². The van der Waals surface area contributed by atoms with Gasteiger partial charge in [0.15, 0.2) is 0 Å². The molecule has 2 aromatic rings. The summed E-state index contributed by atoms with van der Waals surface area (Å²) in [5.74, 6) is -1.68. The number of anilines is 2. The lowest BCUT2D eigenvalue weighted by Gasteiger charge is -2.17. The maximum absolute atomic E-state index is 13.3. The van der Waals surface area contributed by atoms with Crippen LogP contribution in [-0.2, 0) is 9.59 Å². The highest BCUT2D eigenvalue weighted by atomic mass is 35.5. The standard InChI is InChI=1S/C17H12Cl3FN2O2/c18-10-1-4-15(13(20)6-10)22-17(25)9-5-16(24)23(8-9)11-2-3-14(21)12(19)7-11/h1-4,6-7,9H,5,8H2,(H,22,25). The minimum atomic E-state index is -0.566. The summed E-state index contributed by atoms with van der Waals surface area (Å²) in [7, 11) is 0. The minimum absolute atomic E-state index is 0.0477. The van der Waals surface area contributed by atoms with E-state index in [2.05, 4.69) is 5.32 Å². The average Bonchev–Trinajstić information content (AvgIpc) is 2.95. The van der Waals surface area contributed by atoms with Crippen LogP contribution in [0.15, 0.2) is 36.4 Å². The van der Waals surface area contributed by atoms with Crippen molar-refractivity contribution in [3.63, 3.8) is 0 Å². The van der Waals surface area contributed by atoms with Crippen LogP contribution in [0.1, 0.15) is 6.42 Å². The van der Waals surface area contributed by atoms with E-state index in [9.17, 15) is 14.0 Å². The quantitative estimate of drug-likeness (QED) is 0.805. The fourth-order valence-corrected chi connectivity index (χ4v) is 3.24. The largest absolute Gasteiger partial charge is 0.324 e. The van der Waals surface area contributed by atoms with E-state index in [1.54, 1.807) is 12.1 Å². The number of carbonyl (C=O) groups excluding carboxylic acids is 2. The van der Waals surface area contributed by atoms with Gasteiger partial charge in [-0.1, -0.05) is 34.8 Å². The van der Waals surface area contributed by atoms with Gasteiger partial charge in [0.05, 0.1) is 21.7 Å². The average molecular weight is 402 g/mol. The zero-order chi connectivity index (χ0) is 18.1. The van der Waals surface area contributed by atoms with Crippen LogP contribution >= 0.6 is 34.8 Å². The van der Waals surface area contributed by atoms with Crippen LogP contribution in [0.4, 0.5) is 15.8 Å². The molecular formula is C17H12Cl3FN2O2. The highest BCUT2D eigenvalue weighted by molar-refractivity contribution is 6.36. The number of halogens is 4. The van der Waals surface area contributed by atoms with Crippen molar-refractivity contribution in [1.29, 1.82) is 0 Å². The molecule has 1 saturated heterocycles. The fraction of sp³-hybridized carbons (Fsp3) is 0.176. The first-order valence-electron chi connectivity index (χ1n) is 7.36. The van der Waals surface area contributed by atoms with Crippen molar-refractivity contribution >= 4 is 58.0 Å². The van der Waals surface area contributed by atoms with Crippen LogP contribution in [0.25, 0.3) is 0 Å². The topological polar surface area (TPSA) is 49.4 Å². The van der Waals surface area contributed by atoms with E-state index in [0.29, 0.717) is 21.4 Å². The van der Waals surface area contributed by atoms with Gasteiger partial charge in [0, 0.05) is 23.7 Å². The first-order valence-corrected chi connectivity index (χ1v) is 8.50. The molecule has 1 unspecified atom stereocenters. The fourth-order valence-electron chi connectivity index (χ4n) is 2.61. The molecule has 0 spiro atoms. The van der Waals surface area contributed by atoms with Crippen molar-refractivity contribution in [2.24, 2.45) is 5.92 Å². The molecule has 0 bridgehead atoms. The second-order valence-corrected chi connectivity index (χ2v) is 6.87. The summed E-state index contributed by atoms with van der Waals surface area (Å²) in [5.41, 5.74) is 0.878. The Hall–Kier alpha value is -1.82. The first-order chi connectivity index (χ1) is 11.8. The van der Waals surface area contributed by atoms with Gasteiger partial charge < -0.3 is 10.2 Å². The number of nitrogens with zero attached hydrogens (tertiary/aromatic N) is 1. The lowest BCUT2D eigenvalue weighted by atomic mass is 10.1. The molecule has 0 aromatic heterocycles. The Bertz CT molecular complexity index is 860. The third kappa shape index (κ3) is 3.89. The molecule has 1 aliphatic heterocycles. The number of rotatable bonds is 3. The molecule has 8 heteroatoms. The van der Waals surface area contributed by atoms with Gasteiger partial charge in [0.25, 0.3) is 0 Å². The Labute approximate surface area is 158 Å². The number of amides is 2. The second-order valence-electron chi connectivity index (χ2n) is 5.62. The van der Waals surface area contributed by atoms with Gasteiger partial charge in [-0.3, -0.25) is 9.59 Å². The van der Waals surface area contributed by atoms with Crippen LogP contribution in [-0.4, -0.2) is 18.4 Å². The van der Waals surface area contributed by atoms with E-state index in [1.807, 2.05) is 0 Å². The molecular weight excluding hydrogens is 390 g/mol. The van der Waals surface area contributed by atoms with Gasteiger partial charge in [-0.2, -0.15) is 0 Å². The molecule has 2 aromatic carbocycles. The molecule has 0 saturated carbocycles. The molecule has 4 nitrogen and oxygen atoms in total.